The molecule has 0 N–H and O–H groups in total. The Balaban J connectivity index is 2.65. The second-order valence-corrected chi connectivity index (χ2v) is 13.1. The number of carbonyl (C=O) groups is 4. The van der Waals surface area contributed by atoms with E-state index in [-0.39, 0.29) is 11.9 Å². The number of esters is 1. The highest BCUT2D eigenvalue weighted by Gasteiger charge is 2.44. The molecule has 0 saturated carbocycles. The van der Waals surface area contributed by atoms with Crippen LogP contribution in [0.2, 0.25) is 0 Å². The zero-order chi connectivity index (χ0) is 25.3. The molecule has 1 aromatic carbocycles. The Morgan fingerprint density at radius 1 is 0.853 bits per heavy atom. The molecule has 0 radical (unpaired) electrons. The first kappa shape index (κ1) is 28.0. The number of nitrogens with zero attached hydrogens (tertiary/aromatic N) is 1. The molecule has 2 rings (SSSR count). The lowest BCUT2D eigenvalue weighted by Crippen LogP contribution is -2.48. The van der Waals surface area contributed by atoms with Crippen LogP contribution in [0.5, 0.6) is 0 Å². The van der Waals surface area contributed by atoms with Crippen molar-refractivity contribution < 1.29 is 23.9 Å². The molecule has 1 heterocycles. The van der Waals surface area contributed by atoms with Crippen LogP contribution in [-0.2, 0) is 14.3 Å². The Hall–Kier alpha value is -2.20. The molecule has 0 fully saturated rings. The van der Waals surface area contributed by atoms with E-state index in [1.165, 1.54) is 0 Å². The fourth-order valence-electron chi connectivity index (χ4n) is 4.66. The van der Waals surface area contributed by atoms with Crippen molar-refractivity contribution in [2.75, 3.05) is 25.1 Å². The zero-order valence-electron chi connectivity index (χ0n) is 21.4. The number of unbranched alkanes of at least 4 members (excludes halogenated alkanes) is 3. The first-order valence-corrected chi connectivity index (χ1v) is 15.1. The number of fused-ring (bicyclic) bond motifs is 1. The summed E-state index contributed by atoms with van der Waals surface area (Å²) in [6.45, 7) is 7.65. The molecule has 7 heteroatoms. The van der Waals surface area contributed by atoms with Crippen molar-refractivity contribution in [1.82, 2.24) is 4.90 Å². The molecule has 0 aromatic heterocycles. The van der Waals surface area contributed by atoms with Gasteiger partial charge in [-0.05, 0) is 63.7 Å². The topological polar surface area (TPSA) is 80.8 Å². The van der Waals surface area contributed by atoms with E-state index in [4.69, 9.17) is 4.74 Å². The summed E-state index contributed by atoms with van der Waals surface area (Å²) < 4.78 is 5.44. The molecule has 1 aromatic rings. The molecule has 1 unspecified atom stereocenters. The molecule has 0 aliphatic carbocycles. The van der Waals surface area contributed by atoms with Crippen LogP contribution >= 0.6 is 6.89 Å². The van der Waals surface area contributed by atoms with Gasteiger partial charge < -0.3 is 4.74 Å². The minimum Gasteiger partial charge on any atom is -0.462 e. The summed E-state index contributed by atoms with van der Waals surface area (Å²) in [5, 5.41) is 0.244. The molecule has 188 valence electrons. The Labute approximate surface area is 204 Å². The summed E-state index contributed by atoms with van der Waals surface area (Å²) in [5.41, 5.74) is 0.600. The first-order chi connectivity index (χ1) is 16.3. The summed E-state index contributed by atoms with van der Waals surface area (Å²) in [7, 11) is 0. The number of imide groups is 1. The molecule has 2 amide bonds. The van der Waals surface area contributed by atoms with Gasteiger partial charge in [0.05, 0.1) is 17.7 Å². The van der Waals surface area contributed by atoms with E-state index in [1.807, 2.05) is 0 Å². The standard InChI is InChI=1S/C27H40NO5P/c1-6-10-17-34(18-11-7-2,19-12-8-3)24(27(32)33-9-4)23(29)20(5)28-25(30)21-15-13-14-16-22(21)26(28)31/h13-16,20H,6-12,17-19H2,1-5H3. The van der Waals surface area contributed by atoms with Crippen LogP contribution in [0, 0.1) is 0 Å². The Morgan fingerprint density at radius 3 is 1.68 bits per heavy atom. The van der Waals surface area contributed by atoms with Gasteiger partial charge in [0.25, 0.3) is 11.8 Å². The Kier molecular flexibility index (Phi) is 10.8. The van der Waals surface area contributed by atoms with Crippen LogP contribution in [0.4, 0.5) is 0 Å². The minimum atomic E-state index is -2.16. The number of hydrogen-bond acceptors (Lipinski definition) is 5. The van der Waals surface area contributed by atoms with Gasteiger partial charge in [0, 0.05) is 0 Å². The number of rotatable bonds is 14. The van der Waals surface area contributed by atoms with E-state index in [2.05, 4.69) is 20.8 Å². The molecule has 0 bridgehead atoms. The second-order valence-electron chi connectivity index (χ2n) is 9.01. The van der Waals surface area contributed by atoms with Crippen molar-refractivity contribution in [3.63, 3.8) is 0 Å². The normalized spacial score (nSPS) is 14.2. The zero-order valence-corrected chi connectivity index (χ0v) is 22.3. The van der Waals surface area contributed by atoms with Gasteiger partial charge in [-0.15, -0.1) is 0 Å². The number of hydrogen-bond donors (Lipinski definition) is 0. The van der Waals surface area contributed by atoms with E-state index in [0.29, 0.717) is 11.1 Å². The second kappa shape index (κ2) is 13.0. The van der Waals surface area contributed by atoms with Gasteiger partial charge in [0.1, 0.15) is 11.3 Å². The molecule has 6 nitrogen and oxygen atoms in total. The summed E-state index contributed by atoms with van der Waals surface area (Å²) in [5.74, 6) is -1.95. The molecular formula is C27H40NO5P. The third-order valence-electron chi connectivity index (χ3n) is 6.59. The SMILES string of the molecule is CCCCP(CCCC)(CCCC)=C(C(=O)OCC)C(=O)C(C)N1C(=O)c2ccccc2C1=O. The van der Waals surface area contributed by atoms with Crippen LogP contribution in [-0.4, -0.2) is 64.9 Å². The van der Waals surface area contributed by atoms with E-state index in [0.717, 1.165) is 61.9 Å². The van der Waals surface area contributed by atoms with Crippen LogP contribution in [0.15, 0.2) is 24.3 Å². The highest BCUT2D eigenvalue weighted by atomic mass is 31.2. The average molecular weight is 490 g/mol. The Morgan fingerprint density at radius 2 is 1.29 bits per heavy atom. The van der Waals surface area contributed by atoms with Gasteiger partial charge >= 0.3 is 5.97 Å². The monoisotopic (exact) mass is 489 g/mol. The Bertz CT molecular complexity index is 904. The van der Waals surface area contributed by atoms with Gasteiger partial charge in [0.2, 0.25) is 0 Å². The maximum atomic E-state index is 14.1. The number of carbonyl (C=O) groups excluding carboxylic acids is 4. The van der Waals surface area contributed by atoms with E-state index < -0.39 is 36.5 Å². The highest BCUT2D eigenvalue weighted by Crippen LogP contribution is 2.52. The lowest BCUT2D eigenvalue weighted by atomic mass is 10.1. The number of ketones is 1. The number of ether oxygens (including phenoxy) is 1. The lowest BCUT2D eigenvalue weighted by molar-refractivity contribution is -0.135. The van der Waals surface area contributed by atoms with Crippen molar-refractivity contribution in [3.05, 3.63) is 35.4 Å². The first-order valence-electron chi connectivity index (χ1n) is 12.7. The van der Waals surface area contributed by atoms with Crippen LogP contribution in [0.3, 0.4) is 0 Å². The van der Waals surface area contributed by atoms with Gasteiger partial charge in [-0.3, -0.25) is 19.3 Å². The van der Waals surface area contributed by atoms with Gasteiger partial charge in [-0.25, -0.2) is 4.79 Å². The highest BCUT2D eigenvalue weighted by molar-refractivity contribution is 7.79. The van der Waals surface area contributed by atoms with E-state index >= 15 is 0 Å². The van der Waals surface area contributed by atoms with Crippen LogP contribution in [0.1, 0.15) is 93.9 Å². The van der Waals surface area contributed by atoms with E-state index in [1.54, 1.807) is 38.1 Å². The average Bonchev–Trinajstić information content (AvgIpc) is 3.09. The van der Waals surface area contributed by atoms with Crippen molar-refractivity contribution in [2.45, 2.75) is 79.2 Å². The van der Waals surface area contributed by atoms with Gasteiger partial charge in [-0.2, -0.15) is 0 Å². The molecular weight excluding hydrogens is 449 g/mol. The summed E-state index contributed by atoms with van der Waals surface area (Å²) in [6, 6.07) is 5.55. The predicted molar refractivity (Wildman–Crippen MR) is 139 cm³/mol. The number of amides is 2. The fraction of sp³-hybridized carbons (Fsp3) is 0.593. The molecule has 34 heavy (non-hydrogen) atoms. The molecule has 0 saturated heterocycles. The van der Waals surface area contributed by atoms with Crippen molar-refractivity contribution in [3.8, 4) is 0 Å². The van der Waals surface area contributed by atoms with Crippen molar-refractivity contribution in [1.29, 1.82) is 0 Å². The number of Topliss-reactive ketones (excluding diaryl/α,β-unsaturated/α-hetero) is 1. The van der Waals surface area contributed by atoms with Crippen molar-refractivity contribution in [2.24, 2.45) is 0 Å². The maximum Gasteiger partial charge on any atom is 0.341 e. The quantitative estimate of drug-likeness (QED) is 0.151. The predicted octanol–water partition coefficient (Wildman–Crippen LogP) is 5.39. The largest absolute Gasteiger partial charge is 0.462 e. The summed E-state index contributed by atoms with van der Waals surface area (Å²) in [4.78, 5) is 54.6. The maximum absolute atomic E-state index is 14.1. The third-order valence-corrected chi connectivity index (χ3v) is 11.5. The minimum absolute atomic E-state index is 0.173. The van der Waals surface area contributed by atoms with E-state index in [9.17, 15) is 19.2 Å². The van der Waals surface area contributed by atoms with Gasteiger partial charge in [-0.1, -0.05) is 59.1 Å². The molecule has 1 aliphatic rings. The summed E-state index contributed by atoms with van der Waals surface area (Å²) in [6.07, 6.45) is 8.15. The van der Waals surface area contributed by atoms with Crippen molar-refractivity contribution >= 4 is 35.7 Å². The van der Waals surface area contributed by atoms with Crippen LogP contribution < -0.4 is 0 Å². The smallest absolute Gasteiger partial charge is 0.341 e. The number of benzene rings is 1. The van der Waals surface area contributed by atoms with Gasteiger partial charge in [0.15, 0.2) is 5.78 Å². The third kappa shape index (κ3) is 5.89. The molecule has 0 spiro atoms. The fourth-order valence-corrected chi connectivity index (χ4v) is 9.87. The summed E-state index contributed by atoms with van der Waals surface area (Å²) >= 11 is 0. The molecule has 1 aliphatic heterocycles. The van der Waals surface area contributed by atoms with Crippen LogP contribution in [0.25, 0.3) is 0 Å². The lowest BCUT2D eigenvalue weighted by Gasteiger charge is -2.32. The molecule has 1 atom stereocenters.